The molecule has 0 atom stereocenters. The molecule has 1 aromatic carbocycles. The summed E-state index contributed by atoms with van der Waals surface area (Å²) in [6.45, 7) is 1.07. The molecule has 2 amide bonds. The normalized spacial score (nSPS) is 14.5. The minimum atomic E-state index is -0.216. The molecule has 0 unspecified atom stereocenters. The molecule has 21 heavy (non-hydrogen) atoms. The largest absolute Gasteiger partial charge is 0.472 e. The van der Waals surface area contributed by atoms with E-state index in [1.807, 2.05) is 12.1 Å². The number of hydrogen-bond acceptors (Lipinski definition) is 3. The molecule has 108 valence electrons. The topological polar surface area (TPSA) is 53.8 Å². The second-order valence-corrected chi connectivity index (χ2v) is 5.64. The number of carbonyl (C=O) groups is 2. The summed E-state index contributed by atoms with van der Waals surface area (Å²) in [5, 5.41) is 2.98. The first-order chi connectivity index (χ1) is 10.2. The van der Waals surface area contributed by atoms with Crippen LogP contribution in [0.3, 0.4) is 0 Å². The number of nitrogens with zero attached hydrogens (tertiary/aromatic N) is 2. The van der Waals surface area contributed by atoms with E-state index >= 15 is 0 Å². The molecule has 1 fully saturated rings. The number of furan rings is 1. The van der Waals surface area contributed by atoms with E-state index in [1.54, 1.807) is 18.2 Å². The van der Waals surface area contributed by atoms with Gasteiger partial charge < -0.3 is 4.42 Å². The Labute approximate surface area is 130 Å². The van der Waals surface area contributed by atoms with Crippen LogP contribution in [-0.4, -0.2) is 34.9 Å². The van der Waals surface area contributed by atoms with Gasteiger partial charge in [-0.1, -0.05) is 15.9 Å². The van der Waals surface area contributed by atoms with E-state index < -0.39 is 0 Å². The van der Waals surface area contributed by atoms with Gasteiger partial charge in [0.25, 0.3) is 11.8 Å². The van der Waals surface area contributed by atoms with Crippen LogP contribution in [0.15, 0.2) is 51.7 Å². The molecule has 0 N–H and O–H groups in total. The highest BCUT2D eigenvalue weighted by Gasteiger charge is 2.32. The van der Waals surface area contributed by atoms with Crippen molar-refractivity contribution in [2.45, 2.75) is 6.42 Å². The smallest absolute Gasteiger partial charge is 0.275 e. The van der Waals surface area contributed by atoms with Crippen LogP contribution in [0.25, 0.3) is 0 Å². The zero-order chi connectivity index (χ0) is 14.8. The Balaban J connectivity index is 1.82. The Hall–Kier alpha value is -2.08. The number of rotatable bonds is 2. The maximum Gasteiger partial charge on any atom is 0.275 e. The summed E-state index contributed by atoms with van der Waals surface area (Å²) in [6, 6.07) is 8.70. The van der Waals surface area contributed by atoms with E-state index in [2.05, 4.69) is 15.9 Å². The first-order valence-electron chi connectivity index (χ1n) is 6.58. The van der Waals surface area contributed by atoms with Gasteiger partial charge in [-0.3, -0.25) is 9.59 Å². The van der Waals surface area contributed by atoms with E-state index in [-0.39, 0.29) is 11.8 Å². The molecule has 0 radical (unpaired) electrons. The number of benzene rings is 1. The highest BCUT2D eigenvalue weighted by Crippen LogP contribution is 2.19. The Bertz CT molecular complexity index is 652. The van der Waals surface area contributed by atoms with Crippen molar-refractivity contribution in [3.8, 4) is 0 Å². The zero-order valence-corrected chi connectivity index (χ0v) is 12.7. The Morgan fingerprint density at radius 3 is 2.14 bits per heavy atom. The van der Waals surface area contributed by atoms with Crippen molar-refractivity contribution in [1.29, 1.82) is 0 Å². The summed E-state index contributed by atoms with van der Waals surface area (Å²) >= 11 is 3.34. The van der Waals surface area contributed by atoms with Crippen LogP contribution in [-0.2, 0) is 0 Å². The fourth-order valence-corrected chi connectivity index (χ4v) is 2.58. The highest BCUT2D eigenvalue weighted by atomic mass is 79.9. The molecule has 2 aromatic rings. The monoisotopic (exact) mass is 348 g/mol. The summed E-state index contributed by atoms with van der Waals surface area (Å²) in [5.41, 5.74) is 1.01. The van der Waals surface area contributed by atoms with E-state index in [4.69, 9.17) is 4.42 Å². The second kappa shape index (κ2) is 5.73. The Morgan fingerprint density at radius 1 is 0.952 bits per heavy atom. The molecule has 3 rings (SSSR count). The van der Waals surface area contributed by atoms with Crippen LogP contribution in [0.1, 0.15) is 27.1 Å². The van der Waals surface area contributed by atoms with Crippen LogP contribution in [0.4, 0.5) is 0 Å². The summed E-state index contributed by atoms with van der Waals surface area (Å²) in [6.07, 6.45) is 3.61. The van der Waals surface area contributed by atoms with E-state index in [9.17, 15) is 9.59 Å². The van der Waals surface area contributed by atoms with Crippen molar-refractivity contribution in [3.63, 3.8) is 0 Å². The van der Waals surface area contributed by atoms with Gasteiger partial charge >= 0.3 is 0 Å². The van der Waals surface area contributed by atoms with Gasteiger partial charge in [-0.2, -0.15) is 0 Å². The van der Waals surface area contributed by atoms with Gasteiger partial charge in [-0.25, -0.2) is 10.0 Å². The third-order valence-corrected chi connectivity index (χ3v) is 3.89. The first-order valence-corrected chi connectivity index (χ1v) is 7.37. The van der Waals surface area contributed by atoms with Gasteiger partial charge in [0, 0.05) is 23.1 Å². The molecular weight excluding hydrogens is 336 g/mol. The molecule has 0 aliphatic carbocycles. The quantitative estimate of drug-likeness (QED) is 0.838. The van der Waals surface area contributed by atoms with Crippen molar-refractivity contribution >= 4 is 27.7 Å². The zero-order valence-electron chi connectivity index (χ0n) is 11.2. The molecule has 1 saturated heterocycles. The van der Waals surface area contributed by atoms with Crippen LogP contribution in [0, 0.1) is 0 Å². The third kappa shape index (κ3) is 2.71. The van der Waals surface area contributed by atoms with E-state index in [1.165, 1.54) is 22.5 Å². The second-order valence-electron chi connectivity index (χ2n) is 4.73. The Morgan fingerprint density at radius 2 is 1.57 bits per heavy atom. The molecule has 1 aliphatic heterocycles. The SMILES string of the molecule is O=C(c1ccc(Br)cc1)N1CCCN1C(=O)c1ccoc1. The third-order valence-electron chi connectivity index (χ3n) is 3.36. The van der Waals surface area contributed by atoms with Gasteiger partial charge in [0.05, 0.1) is 11.8 Å². The Kier molecular flexibility index (Phi) is 3.79. The molecular formula is C15H13BrN2O3. The van der Waals surface area contributed by atoms with Crippen molar-refractivity contribution in [2.75, 3.05) is 13.1 Å². The van der Waals surface area contributed by atoms with Crippen molar-refractivity contribution in [1.82, 2.24) is 10.0 Å². The van der Waals surface area contributed by atoms with Crippen LogP contribution in [0.2, 0.25) is 0 Å². The summed E-state index contributed by atoms with van der Waals surface area (Å²) < 4.78 is 5.84. The standard InChI is InChI=1S/C15H13BrN2O3/c16-13-4-2-11(3-5-13)14(19)17-7-1-8-18(17)15(20)12-6-9-21-10-12/h2-6,9-10H,1,7-8H2. The summed E-state index contributed by atoms with van der Waals surface area (Å²) in [4.78, 5) is 24.9. The molecule has 0 spiro atoms. The van der Waals surface area contributed by atoms with Gasteiger partial charge in [0.2, 0.25) is 0 Å². The molecule has 1 aromatic heterocycles. The predicted molar refractivity (Wildman–Crippen MR) is 79.5 cm³/mol. The first kappa shape index (κ1) is 13.9. The highest BCUT2D eigenvalue weighted by molar-refractivity contribution is 9.10. The molecule has 1 aliphatic rings. The van der Waals surface area contributed by atoms with Crippen LogP contribution in [0.5, 0.6) is 0 Å². The summed E-state index contributed by atoms with van der Waals surface area (Å²) in [7, 11) is 0. The lowest BCUT2D eigenvalue weighted by atomic mass is 10.2. The van der Waals surface area contributed by atoms with Crippen molar-refractivity contribution in [2.24, 2.45) is 0 Å². The number of hydrogen-bond donors (Lipinski definition) is 0. The lowest BCUT2D eigenvalue weighted by Gasteiger charge is -2.27. The maximum atomic E-state index is 12.5. The number of amides is 2. The van der Waals surface area contributed by atoms with Crippen LogP contribution < -0.4 is 0 Å². The lowest BCUT2D eigenvalue weighted by molar-refractivity contribution is 0.0185. The molecule has 0 saturated carbocycles. The molecule has 2 heterocycles. The van der Waals surface area contributed by atoms with Gasteiger partial charge in [0.15, 0.2) is 0 Å². The average Bonchev–Trinajstić information content (AvgIpc) is 3.18. The van der Waals surface area contributed by atoms with E-state index in [0.717, 1.165) is 10.9 Å². The van der Waals surface area contributed by atoms with E-state index in [0.29, 0.717) is 24.2 Å². The fourth-order valence-electron chi connectivity index (χ4n) is 2.31. The minimum Gasteiger partial charge on any atom is -0.472 e. The lowest BCUT2D eigenvalue weighted by Crippen LogP contribution is -2.44. The van der Waals surface area contributed by atoms with Gasteiger partial charge in [-0.15, -0.1) is 0 Å². The maximum absolute atomic E-state index is 12.5. The average molecular weight is 349 g/mol. The van der Waals surface area contributed by atoms with Crippen molar-refractivity contribution < 1.29 is 14.0 Å². The number of carbonyl (C=O) groups excluding carboxylic acids is 2. The predicted octanol–water partition coefficient (Wildman–Crippen LogP) is 2.95. The molecule has 5 nitrogen and oxygen atoms in total. The molecule has 6 heteroatoms. The van der Waals surface area contributed by atoms with Gasteiger partial charge in [0.1, 0.15) is 6.26 Å². The van der Waals surface area contributed by atoms with Crippen LogP contribution >= 0.6 is 15.9 Å². The summed E-state index contributed by atoms with van der Waals surface area (Å²) in [5.74, 6) is -0.386. The fraction of sp³-hybridized carbons (Fsp3) is 0.200. The van der Waals surface area contributed by atoms with Crippen molar-refractivity contribution in [3.05, 3.63) is 58.5 Å². The molecule has 0 bridgehead atoms. The number of hydrazine groups is 1. The number of halogens is 1. The van der Waals surface area contributed by atoms with Gasteiger partial charge in [-0.05, 0) is 36.8 Å². The minimum absolute atomic E-state index is 0.170.